The third-order valence-corrected chi connectivity index (χ3v) is 2.49. The van der Waals surface area contributed by atoms with Gasteiger partial charge in [-0.15, -0.1) is 6.58 Å². The second-order valence-electron chi connectivity index (χ2n) is 2.30. The standard InChI is InChI=1S/C7H11N3OS/c1-2-4-10-6(11)3-5-12-7(10)9-8/h2H,1,3-5,8H2/b9-7-. The van der Waals surface area contributed by atoms with E-state index in [0.717, 1.165) is 5.75 Å². The number of hydrazone groups is 1. The van der Waals surface area contributed by atoms with Crippen LogP contribution in [0.3, 0.4) is 0 Å². The summed E-state index contributed by atoms with van der Waals surface area (Å²) in [5.74, 6) is 5.96. The van der Waals surface area contributed by atoms with Crippen molar-refractivity contribution < 1.29 is 4.79 Å². The number of thioether (sulfide) groups is 1. The van der Waals surface area contributed by atoms with Gasteiger partial charge >= 0.3 is 0 Å². The molecule has 0 aromatic carbocycles. The maximum absolute atomic E-state index is 11.3. The van der Waals surface area contributed by atoms with Crippen LogP contribution in [-0.2, 0) is 4.79 Å². The van der Waals surface area contributed by atoms with Crippen molar-refractivity contribution in [2.45, 2.75) is 6.42 Å². The number of carbonyl (C=O) groups excluding carboxylic acids is 1. The van der Waals surface area contributed by atoms with E-state index >= 15 is 0 Å². The molecule has 0 bridgehead atoms. The maximum Gasteiger partial charge on any atom is 0.229 e. The maximum atomic E-state index is 11.3. The summed E-state index contributed by atoms with van der Waals surface area (Å²) in [4.78, 5) is 12.8. The highest BCUT2D eigenvalue weighted by atomic mass is 32.2. The van der Waals surface area contributed by atoms with Crippen LogP contribution in [-0.4, -0.2) is 28.3 Å². The quantitative estimate of drug-likeness (QED) is 0.384. The summed E-state index contributed by atoms with van der Waals surface area (Å²) in [5, 5.41) is 4.12. The molecular formula is C7H11N3OS. The van der Waals surface area contributed by atoms with Crippen molar-refractivity contribution in [2.24, 2.45) is 10.9 Å². The van der Waals surface area contributed by atoms with Crippen molar-refractivity contribution >= 4 is 22.8 Å². The minimum Gasteiger partial charge on any atom is -0.321 e. The Bertz CT molecular complexity index is 227. The molecule has 1 rings (SSSR count). The first-order chi connectivity index (χ1) is 5.79. The van der Waals surface area contributed by atoms with Gasteiger partial charge in [-0.05, 0) is 0 Å². The molecule has 0 radical (unpaired) electrons. The molecule has 66 valence electrons. The second-order valence-corrected chi connectivity index (χ2v) is 3.37. The number of hydrogen-bond acceptors (Lipinski definition) is 4. The van der Waals surface area contributed by atoms with Gasteiger partial charge in [0.15, 0.2) is 5.17 Å². The van der Waals surface area contributed by atoms with E-state index in [1.54, 1.807) is 11.0 Å². The molecule has 1 aliphatic heterocycles. The minimum atomic E-state index is 0.0675. The number of hydrogen-bond donors (Lipinski definition) is 1. The lowest BCUT2D eigenvalue weighted by molar-refractivity contribution is -0.126. The van der Waals surface area contributed by atoms with Gasteiger partial charge in [0.1, 0.15) is 0 Å². The van der Waals surface area contributed by atoms with E-state index in [1.807, 2.05) is 0 Å². The first kappa shape index (κ1) is 9.12. The van der Waals surface area contributed by atoms with E-state index in [2.05, 4.69) is 11.7 Å². The van der Waals surface area contributed by atoms with E-state index in [0.29, 0.717) is 18.1 Å². The Labute approximate surface area is 75.5 Å². The third-order valence-electron chi connectivity index (χ3n) is 1.50. The van der Waals surface area contributed by atoms with Crippen LogP contribution in [0, 0.1) is 0 Å². The Morgan fingerprint density at radius 2 is 2.58 bits per heavy atom. The van der Waals surface area contributed by atoms with Gasteiger partial charge in [-0.2, -0.15) is 5.10 Å². The molecule has 12 heavy (non-hydrogen) atoms. The molecule has 4 nitrogen and oxygen atoms in total. The zero-order valence-electron chi connectivity index (χ0n) is 6.69. The lowest BCUT2D eigenvalue weighted by Gasteiger charge is -2.25. The van der Waals surface area contributed by atoms with Crippen LogP contribution < -0.4 is 5.84 Å². The fraction of sp³-hybridized carbons (Fsp3) is 0.429. The van der Waals surface area contributed by atoms with Crippen molar-refractivity contribution in [3.8, 4) is 0 Å². The summed E-state index contributed by atoms with van der Waals surface area (Å²) in [6.45, 7) is 4.05. The summed E-state index contributed by atoms with van der Waals surface area (Å²) < 4.78 is 0. The van der Waals surface area contributed by atoms with Crippen LogP contribution in [0.5, 0.6) is 0 Å². The van der Waals surface area contributed by atoms with Crippen molar-refractivity contribution in [2.75, 3.05) is 12.3 Å². The zero-order chi connectivity index (χ0) is 8.97. The highest BCUT2D eigenvalue weighted by Gasteiger charge is 2.23. The highest BCUT2D eigenvalue weighted by Crippen LogP contribution is 2.17. The molecule has 2 N–H and O–H groups in total. The number of nitrogens with two attached hydrogens (primary N) is 1. The van der Waals surface area contributed by atoms with Gasteiger partial charge in [-0.3, -0.25) is 9.69 Å². The summed E-state index contributed by atoms with van der Waals surface area (Å²) in [6, 6.07) is 0. The van der Waals surface area contributed by atoms with Crippen molar-refractivity contribution in [1.82, 2.24) is 4.90 Å². The normalized spacial score (nSPS) is 21.5. The molecule has 0 saturated carbocycles. The SMILES string of the molecule is C=CCN1C(=O)CCS/C1=N\N. The average molecular weight is 185 g/mol. The van der Waals surface area contributed by atoms with Gasteiger partial charge < -0.3 is 5.84 Å². The number of carbonyl (C=O) groups is 1. The van der Waals surface area contributed by atoms with E-state index < -0.39 is 0 Å². The van der Waals surface area contributed by atoms with Crippen LogP contribution in [0.2, 0.25) is 0 Å². The van der Waals surface area contributed by atoms with Crippen molar-refractivity contribution in [3.63, 3.8) is 0 Å². The van der Waals surface area contributed by atoms with Gasteiger partial charge in [0, 0.05) is 18.7 Å². The Balaban J connectivity index is 2.72. The van der Waals surface area contributed by atoms with Crippen LogP contribution >= 0.6 is 11.8 Å². The predicted molar refractivity (Wildman–Crippen MR) is 50.6 cm³/mol. The third kappa shape index (κ3) is 1.79. The Morgan fingerprint density at radius 3 is 3.17 bits per heavy atom. The second kappa shape index (κ2) is 4.15. The molecule has 0 atom stereocenters. The van der Waals surface area contributed by atoms with Crippen molar-refractivity contribution in [1.29, 1.82) is 0 Å². The van der Waals surface area contributed by atoms with Crippen LogP contribution in [0.1, 0.15) is 6.42 Å². The van der Waals surface area contributed by atoms with E-state index in [-0.39, 0.29) is 5.91 Å². The van der Waals surface area contributed by atoms with E-state index in [4.69, 9.17) is 5.84 Å². The minimum absolute atomic E-state index is 0.0675. The van der Waals surface area contributed by atoms with E-state index in [1.165, 1.54) is 11.8 Å². The van der Waals surface area contributed by atoms with Crippen LogP contribution in [0.4, 0.5) is 0 Å². The Kier molecular flexibility index (Phi) is 3.16. The van der Waals surface area contributed by atoms with Crippen LogP contribution in [0.25, 0.3) is 0 Å². The van der Waals surface area contributed by atoms with Gasteiger partial charge in [0.25, 0.3) is 0 Å². The smallest absolute Gasteiger partial charge is 0.229 e. The van der Waals surface area contributed by atoms with Gasteiger partial charge in [-0.25, -0.2) is 0 Å². The fourth-order valence-corrected chi connectivity index (χ4v) is 1.83. The summed E-state index contributed by atoms with van der Waals surface area (Å²) in [7, 11) is 0. The average Bonchev–Trinajstić information content (AvgIpc) is 2.09. The molecule has 0 aromatic rings. The summed E-state index contributed by atoms with van der Waals surface area (Å²) >= 11 is 1.50. The van der Waals surface area contributed by atoms with Crippen molar-refractivity contribution in [3.05, 3.63) is 12.7 Å². The van der Waals surface area contributed by atoms with Crippen LogP contribution in [0.15, 0.2) is 17.8 Å². The Hall–Kier alpha value is -0.970. The monoisotopic (exact) mass is 185 g/mol. The lowest BCUT2D eigenvalue weighted by Crippen LogP contribution is -2.39. The number of nitrogens with zero attached hydrogens (tertiary/aromatic N) is 2. The zero-order valence-corrected chi connectivity index (χ0v) is 7.51. The molecule has 1 heterocycles. The predicted octanol–water partition coefficient (Wildman–Crippen LogP) is 0.368. The first-order valence-electron chi connectivity index (χ1n) is 3.61. The Morgan fingerprint density at radius 1 is 1.83 bits per heavy atom. The summed E-state index contributed by atoms with van der Waals surface area (Å²) in [6.07, 6.45) is 2.21. The molecule has 0 unspecified atom stereocenters. The van der Waals surface area contributed by atoms with E-state index in [9.17, 15) is 4.79 Å². The lowest BCUT2D eigenvalue weighted by atomic mass is 10.4. The number of amidine groups is 1. The molecule has 0 aliphatic carbocycles. The molecule has 0 spiro atoms. The highest BCUT2D eigenvalue weighted by molar-refractivity contribution is 8.13. The fourth-order valence-electron chi connectivity index (χ4n) is 0.965. The molecule has 0 aromatic heterocycles. The van der Waals surface area contributed by atoms with Gasteiger partial charge in [0.2, 0.25) is 5.91 Å². The molecule has 5 heteroatoms. The number of amides is 1. The molecule has 1 fully saturated rings. The number of rotatable bonds is 2. The summed E-state index contributed by atoms with van der Waals surface area (Å²) in [5.41, 5.74) is 0. The molecule has 1 saturated heterocycles. The first-order valence-corrected chi connectivity index (χ1v) is 4.60. The topological polar surface area (TPSA) is 58.7 Å². The largest absolute Gasteiger partial charge is 0.321 e. The molecule has 1 amide bonds. The van der Waals surface area contributed by atoms with Gasteiger partial charge in [0.05, 0.1) is 0 Å². The van der Waals surface area contributed by atoms with Gasteiger partial charge in [-0.1, -0.05) is 17.8 Å². The molecule has 1 aliphatic rings. The molecular weight excluding hydrogens is 174 g/mol.